The van der Waals surface area contributed by atoms with Crippen LogP contribution in [0.1, 0.15) is 81.2 Å². The Morgan fingerprint density at radius 1 is 0.971 bits per heavy atom. The first-order valence-corrected chi connectivity index (χ1v) is 12.3. The van der Waals surface area contributed by atoms with Crippen LogP contribution in [0.15, 0.2) is 18.2 Å². The zero-order valence-electron chi connectivity index (χ0n) is 22.2. The topological polar surface area (TPSA) is 129 Å². The molecule has 0 heterocycles. The first kappa shape index (κ1) is 30.2. The van der Waals surface area contributed by atoms with E-state index in [9.17, 15) is 14.5 Å². The van der Waals surface area contributed by atoms with E-state index < -0.39 is 43.1 Å². The van der Waals surface area contributed by atoms with E-state index in [-0.39, 0.29) is 17.9 Å². The van der Waals surface area contributed by atoms with Crippen molar-refractivity contribution >= 4 is 20.5 Å². The third kappa shape index (κ3) is 9.45. The lowest BCUT2D eigenvalue weighted by Gasteiger charge is -2.50. The molecular weight excluding hydrogens is 459 g/mol. The standard InChI is InChI=1S/C24H43N2O7P/c1-20(2,3)30-19(28)26-23(10,14-13-16-11-12-18(27)17(25)15-16)24(33-34-29,31-21(4,5)6)32-22(7,8)9/h11-12,15,27H,13-14,25,34H2,1-10H3,(H,26,28)/t23-/m1/s1. The molecule has 10 heteroatoms. The quantitative estimate of drug-likeness (QED) is 0.183. The van der Waals surface area contributed by atoms with Gasteiger partial charge in [0.05, 0.1) is 16.9 Å². The summed E-state index contributed by atoms with van der Waals surface area (Å²) in [7, 11) is -1.77. The maximum atomic E-state index is 12.9. The van der Waals surface area contributed by atoms with Crippen molar-refractivity contribution in [1.82, 2.24) is 5.32 Å². The fraction of sp³-hybridized carbons (Fsp3) is 0.708. The molecular formula is C24H43N2O7P. The fourth-order valence-electron chi connectivity index (χ4n) is 3.27. The van der Waals surface area contributed by atoms with E-state index in [2.05, 4.69) is 5.32 Å². The third-order valence-electron chi connectivity index (χ3n) is 4.54. The maximum Gasteiger partial charge on any atom is 0.408 e. The van der Waals surface area contributed by atoms with Crippen molar-refractivity contribution in [3.8, 4) is 5.75 Å². The summed E-state index contributed by atoms with van der Waals surface area (Å²) in [6.45, 7) is 17.8. The molecule has 0 saturated heterocycles. The second kappa shape index (κ2) is 10.9. The third-order valence-corrected chi connectivity index (χ3v) is 4.95. The minimum atomic E-state index is -1.92. The summed E-state index contributed by atoms with van der Waals surface area (Å²) in [5.74, 6) is -1.93. The van der Waals surface area contributed by atoms with Crippen LogP contribution in [0.5, 0.6) is 5.75 Å². The highest BCUT2D eigenvalue weighted by molar-refractivity contribution is 7.17. The minimum Gasteiger partial charge on any atom is -0.506 e. The van der Waals surface area contributed by atoms with Gasteiger partial charge in [0, 0.05) is 0 Å². The maximum absolute atomic E-state index is 12.9. The van der Waals surface area contributed by atoms with Crippen molar-refractivity contribution in [2.24, 2.45) is 0 Å². The lowest BCUT2D eigenvalue weighted by Crippen LogP contribution is -2.69. The Morgan fingerprint density at radius 2 is 1.50 bits per heavy atom. The summed E-state index contributed by atoms with van der Waals surface area (Å²) in [6, 6.07) is 4.89. The van der Waals surface area contributed by atoms with E-state index >= 15 is 0 Å². The van der Waals surface area contributed by atoms with Crippen LogP contribution in [0.2, 0.25) is 0 Å². The Kier molecular flexibility index (Phi) is 9.65. The molecule has 1 aromatic rings. The Balaban J connectivity index is 3.59. The van der Waals surface area contributed by atoms with E-state index in [1.807, 2.05) is 41.5 Å². The van der Waals surface area contributed by atoms with Crippen LogP contribution in [0, 0.1) is 0 Å². The predicted octanol–water partition coefficient (Wildman–Crippen LogP) is 5.16. The highest BCUT2D eigenvalue weighted by atomic mass is 31.1. The van der Waals surface area contributed by atoms with Crippen molar-refractivity contribution in [2.75, 3.05) is 5.73 Å². The van der Waals surface area contributed by atoms with Crippen LogP contribution < -0.4 is 11.1 Å². The minimum absolute atomic E-state index is 0.0156. The number of phenols is 1. The average Bonchev–Trinajstić information content (AvgIpc) is 2.58. The van der Waals surface area contributed by atoms with E-state index in [1.165, 1.54) is 6.07 Å². The van der Waals surface area contributed by atoms with Crippen LogP contribution in [0.3, 0.4) is 0 Å². The molecule has 1 amide bonds. The number of rotatable bonds is 9. The molecule has 4 N–H and O–H groups in total. The van der Waals surface area contributed by atoms with E-state index in [4.69, 9.17) is 24.5 Å². The summed E-state index contributed by atoms with van der Waals surface area (Å²) in [6.07, 6.45) is -0.0665. The van der Waals surface area contributed by atoms with Gasteiger partial charge in [-0.3, -0.25) is 9.09 Å². The van der Waals surface area contributed by atoms with Crippen molar-refractivity contribution in [3.63, 3.8) is 0 Å². The normalized spacial score (nSPS) is 15.4. The van der Waals surface area contributed by atoms with Gasteiger partial charge < -0.3 is 30.4 Å². The number of hydrogen-bond donors (Lipinski definition) is 3. The molecule has 0 fully saturated rings. The van der Waals surface area contributed by atoms with Crippen LogP contribution in [0.4, 0.5) is 10.5 Å². The van der Waals surface area contributed by atoms with Gasteiger partial charge in [-0.2, -0.15) is 0 Å². The molecule has 0 aliphatic rings. The van der Waals surface area contributed by atoms with Crippen LogP contribution >= 0.6 is 8.69 Å². The number of aromatic hydroxyl groups is 1. The van der Waals surface area contributed by atoms with Crippen LogP contribution in [-0.4, -0.2) is 39.5 Å². The summed E-state index contributed by atoms with van der Waals surface area (Å²) in [5, 5.41) is 12.6. The van der Waals surface area contributed by atoms with Gasteiger partial charge in [0.2, 0.25) is 0 Å². The molecule has 0 aliphatic heterocycles. The number of alkyl carbamates (subject to hydrolysis) is 1. The van der Waals surface area contributed by atoms with Gasteiger partial charge in [0.25, 0.3) is 0 Å². The Labute approximate surface area is 205 Å². The largest absolute Gasteiger partial charge is 0.506 e. The van der Waals surface area contributed by atoms with Gasteiger partial charge in [-0.25, -0.2) is 4.79 Å². The average molecular weight is 503 g/mol. The summed E-state index contributed by atoms with van der Waals surface area (Å²) < 4.78 is 35.8. The number of aryl methyl sites for hydroxylation is 1. The molecule has 0 spiro atoms. The summed E-state index contributed by atoms with van der Waals surface area (Å²) >= 11 is 0. The molecule has 0 aromatic heterocycles. The highest BCUT2D eigenvalue weighted by Gasteiger charge is 2.57. The second-order valence-electron chi connectivity index (χ2n) is 11.6. The Hall–Kier alpha value is -1.80. The monoisotopic (exact) mass is 502 g/mol. The van der Waals surface area contributed by atoms with Gasteiger partial charge in [0.15, 0.2) is 8.69 Å². The van der Waals surface area contributed by atoms with Gasteiger partial charge in [-0.1, -0.05) is 6.07 Å². The Bertz CT molecular complexity index is 840. The highest BCUT2D eigenvalue weighted by Crippen LogP contribution is 2.42. The molecule has 0 radical (unpaired) electrons. The number of carbonyl (C=O) groups is 1. The molecule has 1 aromatic carbocycles. The molecule has 9 nitrogen and oxygen atoms in total. The number of phenolic OH excluding ortho intramolecular Hbond substituents is 1. The number of anilines is 1. The summed E-state index contributed by atoms with van der Waals surface area (Å²) in [4.78, 5) is 12.9. The molecule has 2 atom stereocenters. The number of benzene rings is 1. The molecule has 1 unspecified atom stereocenters. The number of hydrogen-bond acceptors (Lipinski definition) is 8. The first-order chi connectivity index (χ1) is 15.2. The molecule has 196 valence electrons. The number of amides is 1. The number of nitrogens with two attached hydrogens (primary N) is 1. The van der Waals surface area contributed by atoms with Crippen molar-refractivity contribution in [1.29, 1.82) is 0 Å². The second-order valence-corrected chi connectivity index (χ2v) is 12.0. The Morgan fingerprint density at radius 3 is 1.91 bits per heavy atom. The zero-order chi connectivity index (χ0) is 26.6. The zero-order valence-corrected chi connectivity index (χ0v) is 23.4. The fourth-order valence-corrected chi connectivity index (χ4v) is 3.75. The predicted molar refractivity (Wildman–Crippen MR) is 135 cm³/mol. The van der Waals surface area contributed by atoms with E-state index in [0.29, 0.717) is 6.42 Å². The van der Waals surface area contributed by atoms with Crippen LogP contribution in [0.25, 0.3) is 0 Å². The molecule has 0 aliphatic carbocycles. The summed E-state index contributed by atoms with van der Waals surface area (Å²) in [5.41, 5.74) is 3.21. The van der Waals surface area contributed by atoms with Crippen molar-refractivity contribution in [2.45, 2.75) is 110 Å². The van der Waals surface area contributed by atoms with Gasteiger partial charge in [0.1, 0.15) is 16.9 Å². The molecule has 34 heavy (non-hydrogen) atoms. The molecule has 1 rings (SSSR count). The molecule has 0 saturated carbocycles. The van der Waals surface area contributed by atoms with Gasteiger partial charge in [-0.05, 0) is 99.8 Å². The number of ether oxygens (including phenoxy) is 3. The van der Waals surface area contributed by atoms with Crippen molar-refractivity contribution in [3.05, 3.63) is 23.8 Å². The lowest BCUT2D eigenvalue weighted by molar-refractivity contribution is -0.423. The first-order valence-electron chi connectivity index (χ1n) is 11.3. The van der Waals surface area contributed by atoms with E-state index in [0.717, 1.165) is 5.56 Å². The smallest absolute Gasteiger partial charge is 0.408 e. The SMILES string of the molecule is CC(C)(C)OC(=O)N[C@](C)(CCc1ccc(O)c(N)c1)C(O[PH2]=O)(OC(C)(C)C)OC(C)(C)C. The van der Waals surface area contributed by atoms with Gasteiger partial charge >= 0.3 is 12.1 Å². The lowest BCUT2D eigenvalue weighted by atomic mass is 9.89. The van der Waals surface area contributed by atoms with Crippen molar-refractivity contribution < 1.29 is 33.2 Å². The number of nitrogen functional groups attached to an aromatic ring is 1. The van der Waals surface area contributed by atoms with Crippen LogP contribution in [-0.2, 0) is 29.7 Å². The van der Waals surface area contributed by atoms with Gasteiger partial charge in [-0.15, -0.1) is 0 Å². The number of carbonyl (C=O) groups excluding carboxylic acids is 1. The van der Waals surface area contributed by atoms with E-state index in [1.54, 1.807) is 39.8 Å². The number of nitrogens with one attached hydrogen (secondary N) is 1. The molecule has 0 bridgehead atoms.